The summed E-state index contributed by atoms with van der Waals surface area (Å²) >= 11 is 0. The van der Waals surface area contributed by atoms with Gasteiger partial charge in [-0.2, -0.15) is 0 Å². The fraction of sp³-hybridized carbons (Fsp3) is 0.400. The molecule has 2 fully saturated rings. The molecule has 2 aliphatic rings. The minimum Gasteiger partial charge on any atom is -0.495 e. The molecule has 0 atom stereocenters. The van der Waals surface area contributed by atoms with Crippen LogP contribution in [-0.4, -0.2) is 44.9 Å². The number of ether oxygens (including phenoxy) is 1. The van der Waals surface area contributed by atoms with E-state index in [1.807, 2.05) is 0 Å². The van der Waals surface area contributed by atoms with Gasteiger partial charge in [-0.25, -0.2) is 17.2 Å². The Hall–Kier alpha value is -3.71. The number of nitrogens with one attached hydrogen (secondary N) is 1. The number of fused-ring (bicyclic) bond motifs is 1. The molecule has 40 heavy (non-hydrogen) atoms. The lowest BCUT2D eigenvalue weighted by Crippen LogP contribution is -2.58. The van der Waals surface area contributed by atoms with E-state index in [0.29, 0.717) is 34.9 Å². The predicted molar refractivity (Wildman–Crippen MR) is 145 cm³/mol. The van der Waals surface area contributed by atoms with Crippen LogP contribution in [0, 0.1) is 17.8 Å². The quantitative estimate of drug-likeness (QED) is 0.356. The van der Waals surface area contributed by atoms with Crippen LogP contribution in [0.5, 0.6) is 5.75 Å². The molecule has 0 unspecified atom stereocenters. The van der Waals surface area contributed by atoms with Gasteiger partial charge in [0.2, 0.25) is 5.92 Å². The van der Waals surface area contributed by atoms with Crippen LogP contribution in [-0.2, 0) is 14.6 Å². The normalized spacial score (nSPS) is 19.0. The van der Waals surface area contributed by atoms with Crippen LogP contribution in [0.2, 0.25) is 0 Å². The van der Waals surface area contributed by atoms with Crippen molar-refractivity contribution in [2.24, 2.45) is 5.41 Å². The molecule has 1 amide bonds. The SMILES string of the molecule is C#CC1(CC(=O)C2(NC(=O)c3cc4ccc(-c5ccc(S(C)(=O)=O)c(OC)c5)cc4o3)CCC(F)(F)CC2)CC1. The van der Waals surface area contributed by atoms with Gasteiger partial charge in [-0.15, -0.1) is 6.42 Å². The first kappa shape index (κ1) is 27.8. The zero-order valence-electron chi connectivity index (χ0n) is 22.2. The number of amides is 1. The van der Waals surface area contributed by atoms with E-state index in [4.69, 9.17) is 15.6 Å². The highest BCUT2D eigenvalue weighted by Crippen LogP contribution is 2.50. The van der Waals surface area contributed by atoms with Crippen molar-refractivity contribution in [2.45, 2.75) is 61.3 Å². The van der Waals surface area contributed by atoms with Gasteiger partial charge in [0.1, 0.15) is 16.2 Å². The Bertz CT molecular complexity index is 1650. The molecule has 5 rings (SSSR count). The third-order valence-electron chi connectivity index (χ3n) is 8.02. The van der Waals surface area contributed by atoms with Crippen LogP contribution in [0.4, 0.5) is 8.78 Å². The largest absolute Gasteiger partial charge is 0.495 e. The molecule has 7 nitrogen and oxygen atoms in total. The summed E-state index contributed by atoms with van der Waals surface area (Å²) in [5, 5.41) is 3.36. The lowest BCUT2D eigenvalue weighted by atomic mass is 9.74. The molecule has 2 saturated carbocycles. The molecular formula is C30H29F2NO6S. The lowest BCUT2D eigenvalue weighted by Gasteiger charge is -2.39. The number of alkyl halides is 2. The molecular weight excluding hydrogens is 540 g/mol. The highest BCUT2D eigenvalue weighted by molar-refractivity contribution is 7.90. The molecule has 3 aromatic rings. The molecule has 0 radical (unpaired) electrons. The van der Waals surface area contributed by atoms with Gasteiger partial charge in [-0.05, 0) is 61.1 Å². The third kappa shape index (κ3) is 5.35. The van der Waals surface area contributed by atoms with Crippen molar-refractivity contribution in [3.05, 3.63) is 48.2 Å². The topological polar surface area (TPSA) is 103 Å². The third-order valence-corrected chi connectivity index (χ3v) is 9.16. The molecule has 1 heterocycles. The van der Waals surface area contributed by atoms with Crippen LogP contribution < -0.4 is 10.1 Å². The Labute approximate surface area is 231 Å². The van der Waals surface area contributed by atoms with E-state index >= 15 is 0 Å². The van der Waals surface area contributed by atoms with E-state index < -0.39 is 45.5 Å². The number of terminal acetylenes is 1. The first-order valence-electron chi connectivity index (χ1n) is 12.9. The second-order valence-corrected chi connectivity index (χ2v) is 12.9. The number of furan rings is 1. The Kier molecular flexibility index (Phi) is 6.78. The second kappa shape index (κ2) is 9.73. The Balaban J connectivity index is 1.41. The van der Waals surface area contributed by atoms with Crippen LogP contribution in [0.15, 0.2) is 51.8 Å². The molecule has 210 valence electrons. The molecule has 2 aliphatic carbocycles. The maximum Gasteiger partial charge on any atom is 0.287 e. The fourth-order valence-electron chi connectivity index (χ4n) is 5.27. The van der Waals surface area contributed by atoms with Gasteiger partial charge in [0.05, 0.1) is 12.6 Å². The number of halogens is 2. The Morgan fingerprint density at radius 2 is 1.68 bits per heavy atom. The number of hydrogen-bond donors (Lipinski definition) is 1. The lowest BCUT2D eigenvalue weighted by molar-refractivity contribution is -0.131. The number of carbonyl (C=O) groups excluding carboxylic acids is 2. The number of benzene rings is 2. The van der Waals surface area contributed by atoms with Crippen molar-refractivity contribution in [1.82, 2.24) is 5.32 Å². The van der Waals surface area contributed by atoms with Crippen molar-refractivity contribution in [1.29, 1.82) is 0 Å². The van der Waals surface area contributed by atoms with Crippen LogP contribution in [0.1, 0.15) is 55.5 Å². The molecule has 10 heteroatoms. The van der Waals surface area contributed by atoms with E-state index in [2.05, 4.69) is 11.2 Å². The van der Waals surface area contributed by atoms with Crippen LogP contribution in [0.3, 0.4) is 0 Å². The number of methoxy groups -OCH3 is 1. The van der Waals surface area contributed by atoms with E-state index in [0.717, 1.165) is 6.26 Å². The minimum absolute atomic E-state index is 0.0421. The number of hydrogen-bond acceptors (Lipinski definition) is 6. The summed E-state index contributed by atoms with van der Waals surface area (Å²) in [6.45, 7) is 0. The summed E-state index contributed by atoms with van der Waals surface area (Å²) < 4.78 is 63.2. The van der Waals surface area contributed by atoms with Gasteiger partial charge in [-0.3, -0.25) is 9.59 Å². The predicted octanol–water partition coefficient (Wildman–Crippen LogP) is 5.56. The highest BCUT2D eigenvalue weighted by Gasteiger charge is 2.52. The number of Topliss-reactive ketones (excluding diaryl/α,β-unsaturated/α-hetero) is 1. The van der Waals surface area contributed by atoms with E-state index in [1.165, 1.54) is 19.2 Å². The van der Waals surface area contributed by atoms with Crippen molar-refractivity contribution in [2.75, 3.05) is 13.4 Å². The molecule has 1 aromatic heterocycles. The molecule has 0 saturated heterocycles. The first-order valence-corrected chi connectivity index (χ1v) is 14.8. The van der Waals surface area contributed by atoms with Gasteiger partial charge in [0.15, 0.2) is 21.4 Å². The van der Waals surface area contributed by atoms with E-state index in [-0.39, 0.29) is 41.5 Å². The average Bonchev–Trinajstić information content (AvgIpc) is 3.55. The van der Waals surface area contributed by atoms with Gasteiger partial charge in [0, 0.05) is 36.3 Å². The summed E-state index contributed by atoms with van der Waals surface area (Å²) in [5.41, 5.74) is -0.241. The van der Waals surface area contributed by atoms with Crippen molar-refractivity contribution in [3.63, 3.8) is 0 Å². The maximum absolute atomic E-state index is 14.0. The van der Waals surface area contributed by atoms with Gasteiger partial charge < -0.3 is 14.5 Å². The van der Waals surface area contributed by atoms with E-state index in [9.17, 15) is 26.8 Å². The summed E-state index contributed by atoms with van der Waals surface area (Å²) in [6, 6.07) is 11.5. The summed E-state index contributed by atoms with van der Waals surface area (Å²) in [7, 11) is -2.10. The summed E-state index contributed by atoms with van der Waals surface area (Å²) in [4.78, 5) is 26.8. The molecule has 0 spiro atoms. The monoisotopic (exact) mass is 569 g/mol. The number of sulfone groups is 1. The smallest absolute Gasteiger partial charge is 0.287 e. The molecule has 0 bridgehead atoms. The standard InChI is InChI=1S/C30H29F2NO6S/c1-4-28(9-10-28)18-26(34)29(11-13-30(31,32)14-12-29)33-27(35)24-17-21-6-5-19(15-22(21)39-24)20-7-8-25(40(3,36)37)23(16-20)38-2/h1,5-8,15-17H,9-14,18H2,2-3H3,(H,33,35). The van der Waals surface area contributed by atoms with Gasteiger partial charge >= 0.3 is 0 Å². The fourth-order valence-corrected chi connectivity index (χ4v) is 6.09. The van der Waals surface area contributed by atoms with Crippen molar-refractivity contribution < 1.29 is 35.9 Å². The maximum atomic E-state index is 14.0. The highest BCUT2D eigenvalue weighted by atomic mass is 32.2. The average molecular weight is 570 g/mol. The van der Waals surface area contributed by atoms with Gasteiger partial charge in [-0.1, -0.05) is 24.1 Å². The van der Waals surface area contributed by atoms with Gasteiger partial charge in [0.25, 0.3) is 5.91 Å². The zero-order chi connectivity index (χ0) is 28.9. The summed E-state index contributed by atoms with van der Waals surface area (Å²) in [6.07, 6.45) is 6.77. The van der Waals surface area contributed by atoms with Crippen molar-refractivity contribution >= 4 is 32.5 Å². The second-order valence-electron chi connectivity index (χ2n) is 10.9. The number of ketones is 1. The number of carbonyl (C=O) groups is 2. The van der Waals surface area contributed by atoms with Crippen LogP contribution in [0.25, 0.3) is 22.1 Å². The van der Waals surface area contributed by atoms with Crippen LogP contribution >= 0.6 is 0 Å². The van der Waals surface area contributed by atoms with Crippen molar-refractivity contribution in [3.8, 4) is 29.2 Å². The Morgan fingerprint density at radius 1 is 1.02 bits per heavy atom. The minimum atomic E-state index is -3.49. The van der Waals surface area contributed by atoms with E-state index in [1.54, 1.807) is 30.3 Å². The molecule has 1 N–H and O–H groups in total. The zero-order valence-corrected chi connectivity index (χ0v) is 23.0. The summed E-state index contributed by atoms with van der Waals surface area (Å²) in [5.74, 6) is -1.08. The molecule has 2 aromatic carbocycles. The number of rotatable bonds is 8. The Morgan fingerprint density at radius 3 is 2.27 bits per heavy atom. The first-order chi connectivity index (χ1) is 18.8. The molecule has 0 aliphatic heterocycles.